The van der Waals surface area contributed by atoms with E-state index in [1.165, 1.54) is 0 Å². The van der Waals surface area contributed by atoms with Gasteiger partial charge in [0.1, 0.15) is 0 Å². The Hall–Kier alpha value is -2.70. The molecular weight excluding hydrogens is 461 g/mol. The second-order valence-electron chi connectivity index (χ2n) is 6.46. The number of pyridine rings is 1. The third-order valence-electron chi connectivity index (χ3n) is 4.25. The van der Waals surface area contributed by atoms with Crippen molar-refractivity contribution in [2.45, 2.75) is 32.0 Å². The maximum absolute atomic E-state index is 12.3. The van der Waals surface area contributed by atoms with Gasteiger partial charge in [-0.2, -0.15) is 18.2 Å². The van der Waals surface area contributed by atoms with Crippen molar-refractivity contribution in [1.82, 2.24) is 20.4 Å². The maximum Gasteiger partial charge on any atom is 0.490 e. The molecule has 4 heterocycles. The van der Waals surface area contributed by atoms with Gasteiger partial charge in [-0.3, -0.25) is 4.79 Å². The molecule has 3 N–H and O–H groups in total. The van der Waals surface area contributed by atoms with Crippen LogP contribution in [0.1, 0.15) is 22.0 Å². The predicted octanol–water partition coefficient (Wildman–Crippen LogP) is 3.20. The molecule has 3 aromatic rings. The quantitative estimate of drug-likeness (QED) is 0.528. The molecule has 0 unspecified atom stereocenters. The normalized spacial score (nSPS) is 13.3. The Morgan fingerprint density at radius 1 is 1.32 bits per heavy atom. The highest BCUT2D eigenvalue weighted by Gasteiger charge is 2.38. The van der Waals surface area contributed by atoms with Crippen molar-refractivity contribution in [2.75, 3.05) is 6.54 Å². The van der Waals surface area contributed by atoms with E-state index in [-0.39, 0.29) is 5.56 Å². The number of H-pyrrole nitrogens is 1. The third-order valence-corrected chi connectivity index (χ3v) is 5.54. The van der Waals surface area contributed by atoms with Crippen LogP contribution in [0.3, 0.4) is 0 Å². The van der Waals surface area contributed by atoms with E-state index < -0.39 is 12.1 Å². The number of nitrogens with zero attached hydrogens (tertiary/aromatic N) is 2. The van der Waals surface area contributed by atoms with Gasteiger partial charge in [-0.1, -0.05) is 16.8 Å². The van der Waals surface area contributed by atoms with Crippen molar-refractivity contribution in [3.8, 4) is 11.4 Å². The zero-order valence-electron chi connectivity index (χ0n) is 15.8. The Balaban J connectivity index is 0.000000339. The molecule has 0 aliphatic carbocycles. The summed E-state index contributed by atoms with van der Waals surface area (Å²) in [7, 11) is 0. The van der Waals surface area contributed by atoms with Crippen LogP contribution in [0.5, 0.6) is 0 Å². The predicted molar refractivity (Wildman–Crippen MR) is 106 cm³/mol. The largest absolute Gasteiger partial charge is 0.490 e. The average Bonchev–Trinajstić information content (AvgIpc) is 3.34. The zero-order chi connectivity index (χ0) is 22.6. The van der Waals surface area contributed by atoms with Crippen LogP contribution in [-0.4, -0.2) is 38.9 Å². The number of hydrogen-bond donors (Lipinski definition) is 3. The summed E-state index contributed by atoms with van der Waals surface area (Å²) in [5, 5.41) is 14.4. The van der Waals surface area contributed by atoms with Gasteiger partial charge in [-0.05, 0) is 30.2 Å². The summed E-state index contributed by atoms with van der Waals surface area (Å²) in [6, 6.07) is 5.72. The first-order valence-electron chi connectivity index (χ1n) is 8.96. The summed E-state index contributed by atoms with van der Waals surface area (Å²) in [6.45, 7) is 1.62. The molecule has 31 heavy (non-hydrogen) atoms. The molecule has 3 aromatic heterocycles. The van der Waals surface area contributed by atoms with Crippen LogP contribution in [0, 0.1) is 0 Å². The SMILES string of the molecule is O=C(O)C(F)(F)F.O=c1[nH]c2c(cc1-c1noc(CCc3ccc(Cl)s3)n1)CNCC2. The Morgan fingerprint density at radius 3 is 2.71 bits per heavy atom. The highest BCUT2D eigenvalue weighted by Crippen LogP contribution is 2.23. The molecule has 0 spiro atoms. The van der Waals surface area contributed by atoms with Gasteiger partial charge < -0.3 is 19.9 Å². The van der Waals surface area contributed by atoms with Gasteiger partial charge in [-0.15, -0.1) is 11.3 Å². The number of fused-ring (bicyclic) bond motifs is 1. The highest BCUT2D eigenvalue weighted by molar-refractivity contribution is 7.16. The van der Waals surface area contributed by atoms with E-state index in [0.29, 0.717) is 23.7 Å². The van der Waals surface area contributed by atoms with E-state index in [0.717, 1.165) is 46.4 Å². The summed E-state index contributed by atoms with van der Waals surface area (Å²) in [6.07, 6.45) is -2.86. The van der Waals surface area contributed by atoms with Crippen LogP contribution in [0.4, 0.5) is 13.2 Å². The second kappa shape index (κ2) is 9.62. The first kappa shape index (κ1) is 23.0. The molecule has 0 atom stereocenters. The van der Waals surface area contributed by atoms with Crippen LogP contribution in [-0.2, 0) is 30.6 Å². The van der Waals surface area contributed by atoms with Gasteiger partial charge in [0.15, 0.2) is 0 Å². The van der Waals surface area contributed by atoms with Gasteiger partial charge >= 0.3 is 12.1 Å². The van der Waals surface area contributed by atoms with Crippen molar-refractivity contribution >= 4 is 28.9 Å². The smallest absolute Gasteiger partial charge is 0.475 e. The molecule has 0 bridgehead atoms. The summed E-state index contributed by atoms with van der Waals surface area (Å²) in [4.78, 5) is 29.6. The molecule has 0 radical (unpaired) electrons. The molecule has 166 valence electrons. The van der Waals surface area contributed by atoms with Crippen molar-refractivity contribution in [1.29, 1.82) is 0 Å². The minimum absolute atomic E-state index is 0.173. The standard InChI is InChI=1S/C16H15ClN4O2S.C2HF3O2/c17-13-3-1-10(24-13)2-4-14-20-15(21-23-14)11-7-9-8-18-6-5-12(9)19-16(11)22;3-2(4,5)1(6)7/h1,3,7,18H,2,4-6,8H2,(H,19,22);(H,6,7). The summed E-state index contributed by atoms with van der Waals surface area (Å²) in [5.41, 5.74) is 2.34. The molecule has 4 rings (SSSR count). The number of thiophene rings is 1. The van der Waals surface area contributed by atoms with Gasteiger partial charge in [-0.25, -0.2) is 4.79 Å². The Kier molecular flexibility index (Phi) is 7.13. The lowest BCUT2D eigenvalue weighted by atomic mass is 10.0. The minimum atomic E-state index is -5.08. The average molecular weight is 477 g/mol. The molecule has 1 aliphatic heterocycles. The lowest BCUT2D eigenvalue weighted by molar-refractivity contribution is -0.192. The number of carbonyl (C=O) groups is 1. The van der Waals surface area contributed by atoms with E-state index >= 15 is 0 Å². The number of nitrogens with one attached hydrogen (secondary N) is 2. The van der Waals surface area contributed by atoms with E-state index in [4.69, 9.17) is 26.0 Å². The van der Waals surface area contributed by atoms with Crippen LogP contribution >= 0.6 is 22.9 Å². The molecule has 0 fully saturated rings. The number of aryl methyl sites for hydroxylation is 2. The minimum Gasteiger partial charge on any atom is -0.475 e. The molecule has 0 aromatic carbocycles. The number of aliphatic carboxylic acids is 1. The van der Waals surface area contributed by atoms with Gasteiger partial charge in [0.25, 0.3) is 5.56 Å². The van der Waals surface area contributed by atoms with E-state index in [1.54, 1.807) is 11.3 Å². The fraction of sp³-hybridized carbons (Fsp3) is 0.333. The Morgan fingerprint density at radius 2 is 2.06 bits per heavy atom. The Labute approximate surface area is 182 Å². The second-order valence-corrected chi connectivity index (χ2v) is 8.26. The zero-order valence-corrected chi connectivity index (χ0v) is 17.3. The molecule has 0 saturated heterocycles. The fourth-order valence-corrected chi connectivity index (χ4v) is 3.86. The maximum atomic E-state index is 12.3. The lowest BCUT2D eigenvalue weighted by Gasteiger charge is -2.16. The fourth-order valence-electron chi connectivity index (χ4n) is 2.78. The summed E-state index contributed by atoms with van der Waals surface area (Å²) < 4.78 is 37.8. The van der Waals surface area contributed by atoms with Crippen LogP contribution in [0.15, 0.2) is 27.5 Å². The number of carboxylic acid groups (broad SMARTS) is 1. The van der Waals surface area contributed by atoms with Gasteiger partial charge in [0, 0.05) is 36.5 Å². The molecule has 13 heteroatoms. The molecule has 1 aliphatic rings. The monoisotopic (exact) mass is 476 g/mol. The van der Waals surface area contributed by atoms with Crippen LogP contribution in [0.2, 0.25) is 4.34 Å². The van der Waals surface area contributed by atoms with Crippen molar-refractivity contribution in [3.05, 3.63) is 54.9 Å². The van der Waals surface area contributed by atoms with Crippen molar-refractivity contribution < 1.29 is 27.6 Å². The van der Waals surface area contributed by atoms with E-state index in [1.807, 2.05) is 18.2 Å². The lowest BCUT2D eigenvalue weighted by Crippen LogP contribution is -2.27. The molecule has 8 nitrogen and oxygen atoms in total. The van der Waals surface area contributed by atoms with E-state index in [2.05, 4.69) is 20.4 Å². The number of aromatic nitrogens is 3. The molecule has 0 amide bonds. The Bertz CT molecular complexity index is 1130. The van der Waals surface area contributed by atoms with E-state index in [9.17, 15) is 18.0 Å². The first-order chi connectivity index (χ1) is 14.6. The highest BCUT2D eigenvalue weighted by atomic mass is 35.5. The number of carboxylic acids is 1. The number of hydrogen-bond acceptors (Lipinski definition) is 7. The number of rotatable bonds is 4. The summed E-state index contributed by atoms with van der Waals surface area (Å²) >= 11 is 7.47. The van der Waals surface area contributed by atoms with Crippen LogP contribution < -0.4 is 10.9 Å². The molecule has 0 saturated carbocycles. The first-order valence-corrected chi connectivity index (χ1v) is 10.2. The summed E-state index contributed by atoms with van der Waals surface area (Å²) in [5.74, 6) is -1.90. The van der Waals surface area contributed by atoms with Crippen molar-refractivity contribution in [2.24, 2.45) is 0 Å². The van der Waals surface area contributed by atoms with Gasteiger partial charge in [0.05, 0.1) is 9.90 Å². The van der Waals surface area contributed by atoms with Crippen LogP contribution in [0.25, 0.3) is 11.4 Å². The topological polar surface area (TPSA) is 121 Å². The number of alkyl halides is 3. The molecular formula is C18H16ClF3N4O4S. The number of halogens is 4. The third kappa shape index (κ3) is 6.15. The van der Waals surface area contributed by atoms with Crippen molar-refractivity contribution in [3.63, 3.8) is 0 Å². The van der Waals surface area contributed by atoms with Gasteiger partial charge in [0.2, 0.25) is 11.7 Å². The number of aromatic amines is 1.